The fraction of sp³-hybridized carbons (Fsp3) is 0.800. The maximum absolute atomic E-state index is 11.1. The van der Waals surface area contributed by atoms with E-state index in [0.717, 1.165) is 0 Å². The number of ether oxygens (including phenoxy) is 1. The van der Waals surface area contributed by atoms with E-state index in [2.05, 4.69) is 5.32 Å². The molecule has 0 radical (unpaired) electrons. The smallest absolute Gasteiger partial charge is 0.305 e. The average molecular weight is 216 g/mol. The molecule has 0 bridgehead atoms. The van der Waals surface area contributed by atoms with Gasteiger partial charge in [0.05, 0.1) is 6.61 Å². The first kappa shape index (κ1) is 13.9. The molecule has 0 saturated carbocycles. The second kappa shape index (κ2) is 8.23. The average Bonchev–Trinajstić information content (AvgIpc) is 2.12. The first-order chi connectivity index (χ1) is 7.06. The van der Waals surface area contributed by atoms with Gasteiger partial charge in [-0.3, -0.25) is 9.59 Å². The lowest BCUT2D eigenvalue weighted by Crippen LogP contribution is -2.30. The van der Waals surface area contributed by atoms with Gasteiger partial charge < -0.3 is 15.8 Å². The van der Waals surface area contributed by atoms with Crippen molar-refractivity contribution in [1.29, 1.82) is 0 Å². The van der Waals surface area contributed by atoms with Gasteiger partial charge in [-0.25, -0.2) is 0 Å². The first-order valence-corrected chi connectivity index (χ1v) is 5.24. The molecule has 3 N–H and O–H groups in total. The van der Waals surface area contributed by atoms with E-state index < -0.39 is 0 Å². The number of amides is 1. The molecule has 0 spiro atoms. The van der Waals surface area contributed by atoms with E-state index in [1.807, 2.05) is 0 Å². The molecule has 15 heavy (non-hydrogen) atoms. The number of carbonyl (C=O) groups is 2. The van der Waals surface area contributed by atoms with Crippen LogP contribution in [-0.4, -0.2) is 31.1 Å². The molecule has 0 fully saturated rings. The van der Waals surface area contributed by atoms with Crippen LogP contribution < -0.4 is 11.1 Å². The Morgan fingerprint density at radius 1 is 1.47 bits per heavy atom. The van der Waals surface area contributed by atoms with Crippen LogP contribution in [0.2, 0.25) is 0 Å². The lowest BCUT2D eigenvalue weighted by molar-refractivity contribution is -0.143. The highest BCUT2D eigenvalue weighted by Crippen LogP contribution is 1.92. The molecule has 5 nitrogen and oxygen atoms in total. The number of esters is 1. The van der Waals surface area contributed by atoms with E-state index in [9.17, 15) is 9.59 Å². The third-order valence-corrected chi connectivity index (χ3v) is 1.69. The molecule has 0 aliphatic carbocycles. The standard InChI is InChI=1S/C10H20N2O3/c1-3-15-10(14)5-4-6-12-9(13)7-8(2)11/h8H,3-7,11H2,1-2H3,(H,12,13). The fourth-order valence-electron chi connectivity index (χ4n) is 1.06. The molecule has 1 unspecified atom stereocenters. The normalized spacial score (nSPS) is 11.9. The summed E-state index contributed by atoms with van der Waals surface area (Å²) in [5, 5.41) is 2.68. The van der Waals surface area contributed by atoms with Gasteiger partial charge in [0.15, 0.2) is 0 Å². The minimum Gasteiger partial charge on any atom is -0.466 e. The van der Waals surface area contributed by atoms with Crippen LogP contribution >= 0.6 is 0 Å². The molecule has 0 rings (SSSR count). The largest absolute Gasteiger partial charge is 0.466 e. The number of nitrogens with one attached hydrogen (secondary N) is 1. The Balaban J connectivity index is 3.38. The molecule has 1 amide bonds. The van der Waals surface area contributed by atoms with E-state index >= 15 is 0 Å². The van der Waals surface area contributed by atoms with Crippen molar-refractivity contribution < 1.29 is 14.3 Å². The van der Waals surface area contributed by atoms with Gasteiger partial charge in [0.25, 0.3) is 0 Å². The van der Waals surface area contributed by atoms with Gasteiger partial charge >= 0.3 is 5.97 Å². The number of hydrogen-bond acceptors (Lipinski definition) is 4. The van der Waals surface area contributed by atoms with Crippen LogP contribution in [0, 0.1) is 0 Å². The predicted octanol–water partition coefficient (Wildman–Crippen LogP) is 0.183. The summed E-state index contributed by atoms with van der Waals surface area (Å²) in [5.41, 5.74) is 5.45. The van der Waals surface area contributed by atoms with Gasteiger partial charge in [0.1, 0.15) is 0 Å². The second-order valence-corrected chi connectivity index (χ2v) is 3.44. The van der Waals surface area contributed by atoms with Crippen LogP contribution in [0.5, 0.6) is 0 Å². The summed E-state index contributed by atoms with van der Waals surface area (Å²) in [6.45, 7) is 4.43. The van der Waals surface area contributed by atoms with E-state index in [4.69, 9.17) is 10.5 Å². The highest BCUT2D eigenvalue weighted by molar-refractivity contribution is 5.76. The van der Waals surface area contributed by atoms with Crippen LogP contribution in [0.3, 0.4) is 0 Å². The van der Waals surface area contributed by atoms with Gasteiger partial charge in [-0.05, 0) is 20.3 Å². The monoisotopic (exact) mass is 216 g/mol. The molecule has 0 aromatic carbocycles. The number of hydrogen-bond donors (Lipinski definition) is 2. The van der Waals surface area contributed by atoms with Crippen molar-refractivity contribution in [2.75, 3.05) is 13.2 Å². The Morgan fingerprint density at radius 2 is 2.13 bits per heavy atom. The molecule has 0 aliphatic rings. The highest BCUT2D eigenvalue weighted by Gasteiger charge is 2.05. The molecule has 5 heteroatoms. The topological polar surface area (TPSA) is 81.4 Å². The SMILES string of the molecule is CCOC(=O)CCCNC(=O)CC(C)N. The Kier molecular flexibility index (Phi) is 7.62. The van der Waals surface area contributed by atoms with Crippen LogP contribution in [0.4, 0.5) is 0 Å². The minimum absolute atomic E-state index is 0.0751. The third kappa shape index (κ3) is 9.21. The lowest BCUT2D eigenvalue weighted by Gasteiger charge is -2.06. The maximum atomic E-state index is 11.1. The second-order valence-electron chi connectivity index (χ2n) is 3.44. The van der Waals surface area contributed by atoms with Crippen LogP contribution in [0.15, 0.2) is 0 Å². The fourth-order valence-corrected chi connectivity index (χ4v) is 1.06. The van der Waals surface area contributed by atoms with E-state index in [1.54, 1.807) is 13.8 Å². The van der Waals surface area contributed by atoms with Crippen molar-refractivity contribution in [1.82, 2.24) is 5.32 Å². The summed E-state index contributed by atoms with van der Waals surface area (Å²) in [4.78, 5) is 22.0. The van der Waals surface area contributed by atoms with Crippen LogP contribution in [-0.2, 0) is 14.3 Å². The van der Waals surface area contributed by atoms with Gasteiger partial charge in [-0.1, -0.05) is 0 Å². The van der Waals surface area contributed by atoms with Crippen molar-refractivity contribution in [3.63, 3.8) is 0 Å². The molecule has 0 aliphatic heterocycles. The van der Waals surface area contributed by atoms with Gasteiger partial charge in [0, 0.05) is 25.4 Å². The van der Waals surface area contributed by atoms with Gasteiger partial charge in [-0.15, -0.1) is 0 Å². The summed E-state index contributed by atoms with van der Waals surface area (Å²) in [6.07, 6.45) is 1.26. The van der Waals surface area contributed by atoms with E-state index in [0.29, 0.717) is 32.4 Å². The Morgan fingerprint density at radius 3 is 2.67 bits per heavy atom. The molecular weight excluding hydrogens is 196 g/mol. The summed E-state index contributed by atoms with van der Waals surface area (Å²) in [5.74, 6) is -0.298. The maximum Gasteiger partial charge on any atom is 0.305 e. The molecule has 0 heterocycles. The quantitative estimate of drug-likeness (QED) is 0.470. The summed E-state index contributed by atoms with van der Waals surface area (Å²) in [6, 6.07) is -0.130. The molecule has 88 valence electrons. The third-order valence-electron chi connectivity index (χ3n) is 1.69. The van der Waals surface area contributed by atoms with Crippen molar-refractivity contribution in [3.8, 4) is 0 Å². The minimum atomic E-state index is -0.223. The van der Waals surface area contributed by atoms with Crippen molar-refractivity contribution in [2.45, 2.75) is 39.2 Å². The Bertz CT molecular complexity index is 205. The molecule has 0 aromatic heterocycles. The molecular formula is C10H20N2O3. The van der Waals surface area contributed by atoms with Crippen LogP contribution in [0.25, 0.3) is 0 Å². The highest BCUT2D eigenvalue weighted by atomic mass is 16.5. The summed E-state index contributed by atoms with van der Waals surface area (Å²) >= 11 is 0. The lowest BCUT2D eigenvalue weighted by atomic mass is 10.2. The zero-order chi connectivity index (χ0) is 11.7. The van der Waals surface area contributed by atoms with Crippen molar-refractivity contribution in [3.05, 3.63) is 0 Å². The Hall–Kier alpha value is -1.10. The molecule has 0 aromatic rings. The van der Waals surface area contributed by atoms with Gasteiger partial charge in [0.2, 0.25) is 5.91 Å². The zero-order valence-electron chi connectivity index (χ0n) is 9.41. The van der Waals surface area contributed by atoms with Crippen molar-refractivity contribution in [2.24, 2.45) is 5.73 Å². The van der Waals surface area contributed by atoms with Crippen molar-refractivity contribution >= 4 is 11.9 Å². The first-order valence-electron chi connectivity index (χ1n) is 5.24. The molecule has 0 saturated heterocycles. The van der Waals surface area contributed by atoms with E-state index in [-0.39, 0.29) is 17.9 Å². The summed E-state index contributed by atoms with van der Waals surface area (Å²) < 4.78 is 4.74. The predicted molar refractivity (Wildman–Crippen MR) is 57.1 cm³/mol. The number of carbonyl (C=O) groups excluding carboxylic acids is 2. The number of rotatable bonds is 7. The molecule has 1 atom stereocenters. The van der Waals surface area contributed by atoms with E-state index in [1.165, 1.54) is 0 Å². The zero-order valence-corrected chi connectivity index (χ0v) is 9.41. The Labute approximate surface area is 90.4 Å². The number of nitrogens with two attached hydrogens (primary N) is 1. The van der Waals surface area contributed by atoms with Crippen LogP contribution in [0.1, 0.15) is 33.1 Å². The van der Waals surface area contributed by atoms with Gasteiger partial charge in [-0.2, -0.15) is 0 Å². The summed E-state index contributed by atoms with van der Waals surface area (Å²) in [7, 11) is 0.